The van der Waals surface area contributed by atoms with Crippen molar-refractivity contribution in [2.45, 2.75) is 57.0 Å². The zero-order chi connectivity index (χ0) is 18.7. The second-order valence-corrected chi connectivity index (χ2v) is 6.27. The van der Waals surface area contributed by atoms with Crippen LogP contribution >= 0.6 is 0 Å². The first-order valence-corrected chi connectivity index (χ1v) is 8.51. The minimum absolute atomic E-state index is 0.184. The van der Waals surface area contributed by atoms with E-state index in [1.807, 2.05) is 0 Å². The van der Waals surface area contributed by atoms with Gasteiger partial charge in [-0.2, -0.15) is 0 Å². The Labute approximate surface area is 148 Å². The molecule has 0 saturated carbocycles. The average molecular weight is 370 g/mol. The lowest BCUT2D eigenvalue weighted by Gasteiger charge is -2.29. The third-order valence-corrected chi connectivity index (χ3v) is 4.34. The molecule has 144 valence electrons. The van der Waals surface area contributed by atoms with Crippen LogP contribution in [0.2, 0.25) is 0 Å². The van der Waals surface area contributed by atoms with E-state index in [0.717, 1.165) is 17.4 Å². The first-order valence-electron chi connectivity index (χ1n) is 8.51. The number of hydrogen-bond donors (Lipinski definition) is 2. The maximum absolute atomic E-state index is 12.1. The van der Waals surface area contributed by atoms with Crippen LogP contribution in [0.5, 0.6) is 0 Å². The Morgan fingerprint density at radius 3 is 2.88 bits per heavy atom. The highest BCUT2D eigenvalue weighted by Gasteiger charge is 2.47. The number of esters is 1. The van der Waals surface area contributed by atoms with Crippen molar-refractivity contribution in [2.75, 3.05) is 13.2 Å². The van der Waals surface area contributed by atoms with E-state index in [1.165, 1.54) is 19.2 Å². The summed E-state index contributed by atoms with van der Waals surface area (Å²) in [4.78, 5) is 36.6. The molecule has 3 rings (SSSR count). The standard InChI is InChI=1S/C16H22N2O8/c1-9(19)24-8-10-13(21)14(26-12-4-2-3-7-23-12)15(25-10)18-6-5-11(20)17-16(18)22/h5-6,10,12-15,21H,2-4,7-8H2,1H3,(H,17,20,22)/t10-,12?,13-,14-,15-/m1/s1. The largest absolute Gasteiger partial charge is 0.463 e. The Morgan fingerprint density at radius 1 is 1.42 bits per heavy atom. The van der Waals surface area contributed by atoms with Crippen LogP contribution in [0, 0.1) is 0 Å². The normalized spacial score (nSPS) is 31.7. The predicted octanol–water partition coefficient (Wildman–Crippen LogP) is -0.730. The van der Waals surface area contributed by atoms with Crippen LogP contribution in [0.25, 0.3) is 0 Å². The van der Waals surface area contributed by atoms with Crippen LogP contribution < -0.4 is 11.2 Å². The van der Waals surface area contributed by atoms with Gasteiger partial charge in [-0.15, -0.1) is 0 Å². The summed E-state index contributed by atoms with van der Waals surface area (Å²) in [6, 6.07) is 1.17. The molecule has 2 N–H and O–H groups in total. The highest BCUT2D eigenvalue weighted by Crippen LogP contribution is 2.33. The number of rotatable bonds is 5. The number of aromatic amines is 1. The molecular weight excluding hydrogens is 348 g/mol. The fraction of sp³-hybridized carbons (Fsp3) is 0.688. The molecule has 2 saturated heterocycles. The number of carbonyl (C=O) groups is 1. The van der Waals surface area contributed by atoms with Gasteiger partial charge in [0.2, 0.25) is 0 Å². The number of aliphatic hydroxyl groups is 1. The number of carbonyl (C=O) groups excluding carboxylic acids is 1. The van der Waals surface area contributed by atoms with Crippen molar-refractivity contribution >= 4 is 5.97 Å². The second-order valence-electron chi connectivity index (χ2n) is 6.27. The molecule has 0 aliphatic carbocycles. The van der Waals surface area contributed by atoms with Gasteiger partial charge in [0.15, 0.2) is 12.5 Å². The average Bonchev–Trinajstić information content (AvgIpc) is 2.90. The summed E-state index contributed by atoms with van der Waals surface area (Å²) < 4.78 is 23.2. The smallest absolute Gasteiger partial charge is 0.330 e. The van der Waals surface area contributed by atoms with Gasteiger partial charge in [0, 0.05) is 25.8 Å². The molecule has 2 aliphatic rings. The lowest BCUT2D eigenvalue weighted by Crippen LogP contribution is -2.42. The molecule has 2 fully saturated rings. The zero-order valence-corrected chi connectivity index (χ0v) is 14.3. The Balaban J connectivity index is 1.83. The topological polar surface area (TPSA) is 129 Å². The first-order chi connectivity index (χ1) is 12.5. The van der Waals surface area contributed by atoms with Crippen molar-refractivity contribution < 1.29 is 28.8 Å². The number of H-pyrrole nitrogens is 1. The molecule has 0 bridgehead atoms. The van der Waals surface area contributed by atoms with Crippen LogP contribution in [-0.4, -0.2) is 58.4 Å². The van der Waals surface area contributed by atoms with Crippen molar-refractivity contribution in [2.24, 2.45) is 0 Å². The predicted molar refractivity (Wildman–Crippen MR) is 86.3 cm³/mol. The summed E-state index contributed by atoms with van der Waals surface area (Å²) in [5, 5.41) is 10.6. The van der Waals surface area contributed by atoms with E-state index in [1.54, 1.807) is 0 Å². The monoisotopic (exact) mass is 370 g/mol. The van der Waals surface area contributed by atoms with Crippen molar-refractivity contribution in [1.82, 2.24) is 9.55 Å². The molecule has 0 amide bonds. The number of nitrogens with one attached hydrogen (secondary N) is 1. The van der Waals surface area contributed by atoms with Gasteiger partial charge in [-0.3, -0.25) is 19.1 Å². The fourth-order valence-electron chi connectivity index (χ4n) is 3.05. The van der Waals surface area contributed by atoms with Crippen molar-refractivity contribution in [3.05, 3.63) is 33.1 Å². The molecule has 1 aromatic heterocycles. The van der Waals surface area contributed by atoms with Gasteiger partial charge >= 0.3 is 11.7 Å². The van der Waals surface area contributed by atoms with Crippen LogP contribution in [0.1, 0.15) is 32.4 Å². The Morgan fingerprint density at radius 2 is 2.23 bits per heavy atom. The van der Waals surface area contributed by atoms with Gasteiger partial charge in [-0.1, -0.05) is 0 Å². The van der Waals surface area contributed by atoms with Gasteiger partial charge < -0.3 is 24.1 Å². The van der Waals surface area contributed by atoms with E-state index in [-0.39, 0.29) is 6.61 Å². The molecule has 10 heteroatoms. The van der Waals surface area contributed by atoms with Crippen molar-refractivity contribution in [3.63, 3.8) is 0 Å². The number of nitrogens with zero attached hydrogens (tertiary/aromatic N) is 1. The number of hydrogen-bond acceptors (Lipinski definition) is 8. The summed E-state index contributed by atoms with van der Waals surface area (Å²) in [6.45, 7) is 1.61. The SMILES string of the molecule is CC(=O)OC[C@H]1O[C@@H](n2ccc(=O)[nH]c2=O)[C@H](OC2CCCCO2)[C@@H]1O. The molecule has 0 radical (unpaired) electrons. The van der Waals surface area contributed by atoms with Crippen LogP contribution in [0.15, 0.2) is 21.9 Å². The maximum atomic E-state index is 12.1. The molecule has 10 nitrogen and oxygen atoms in total. The molecule has 1 unspecified atom stereocenters. The summed E-state index contributed by atoms with van der Waals surface area (Å²) in [5.74, 6) is -0.515. The van der Waals surface area contributed by atoms with Crippen LogP contribution in [-0.2, 0) is 23.7 Å². The molecule has 0 spiro atoms. The number of aliphatic hydroxyl groups excluding tert-OH is 1. The van der Waals surface area contributed by atoms with Crippen molar-refractivity contribution in [1.29, 1.82) is 0 Å². The van der Waals surface area contributed by atoms with Crippen molar-refractivity contribution in [3.8, 4) is 0 Å². The summed E-state index contributed by atoms with van der Waals surface area (Å²) in [6.07, 6.45) is -0.700. The van der Waals surface area contributed by atoms with Crippen LogP contribution in [0.4, 0.5) is 0 Å². The minimum atomic E-state index is -1.15. The maximum Gasteiger partial charge on any atom is 0.330 e. The summed E-state index contributed by atoms with van der Waals surface area (Å²) in [5.41, 5.74) is -1.24. The van der Waals surface area contributed by atoms with Crippen LogP contribution in [0.3, 0.4) is 0 Å². The lowest BCUT2D eigenvalue weighted by atomic mass is 10.1. The van der Waals surface area contributed by atoms with Gasteiger partial charge in [0.05, 0.1) is 0 Å². The highest BCUT2D eigenvalue weighted by molar-refractivity contribution is 5.65. The van der Waals surface area contributed by atoms with E-state index >= 15 is 0 Å². The fourth-order valence-corrected chi connectivity index (χ4v) is 3.05. The Bertz CT molecular complexity index is 738. The van der Waals surface area contributed by atoms with E-state index in [2.05, 4.69) is 4.98 Å². The molecular formula is C16H22N2O8. The highest BCUT2D eigenvalue weighted by atomic mass is 16.7. The quantitative estimate of drug-likeness (QED) is 0.649. The molecule has 26 heavy (non-hydrogen) atoms. The number of aromatic nitrogens is 2. The van der Waals surface area contributed by atoms with Gasteiger partial charge in [-0.05, 0) is 19.3 Å². The van der Waals surface area contributed by atoms with E-state index in [9.17, 15) is 19.5 Å². The Hall–Kier alpha value is -2.01. The van der Waals surface area contributed by atoms with E-state index < -0.39 is 48.0 Å². The van der Waals surface area contributed by atoms with E-state index in [4.69, 9.17) is 18.9 Å². The third kappa shape index (κ3) is 4.21. The summed E-state index contributed by atoms with van der Waals surface area (Å²) in [7, 11) is 0. The first kappa shape index (κ1) is 18.8. The zero-order valence-electron chi connectivity index (χ0n) is 14.3. The molecule has 2 aliphatic heterocycles. The third-order valence-electron chi connectivity index (χ3n) is 4.34. The lowest BCUT2D eigenvalue weighted by molar-refractivity contribution is -0.215. The summed E-state index contributed by atoms with van der Waals surface area (Å²) >= 11 is 0. The Kier molecular flexibility index (Phi) is 5.87. The van der Waals surface area contributed by atoms with Gasteiger partial charge in [0.1, 0.15) is 24.9 Å². The van der Waals surface area contributed by atoms with Gasteiger partial charge in [-0.25, -0.2) is 4.79 Å². The molecule has 0 aromatic carbocycles. The second kappa shape index (κ2) is 8.12. The van der Waals surface area contributed by atoms with E-state index in [0.29, 0.717) is 13.0 Å². The number of ether oxygens (including phenoxy) is 4. The van der Waals surface area contributed by atoms with Gasteiger partial charge in [0.25, 0.3) is 5.56 Å². The molecule has 1 aromatic rings. The minimum Gasteiger partial charge on any atom is -0.463 e. The molecule has 3 heterocycles. The molecule has 5 atom stereocenters.